The second-order valence-corrected chi connectivity index (χ2v) is 3.75. The van der Waals surface area contributed by atoms with Gasteiger partial charge in [0.2, 0.25) is 0 Å². The molecule has 0 aliphatic rings. The van der Waals surface area contributed by atoms with Gasteiger partial charge in [0.15, 0.2) is 0 Å². The summed E-state index contributed by atoms with van der Waals surface area (Å²) in [7, 11) is 0. The van der Waals surface area contributed by atoms with E-state index in [0.717, 1.165) is 6.42 Å². The standard InChI is InChI=1S/C10H19N5/c1-4-5-13-9(11)8-10(12)15(6-14-8)7(2)3/h6-7H,4-5,12H2,1-3H3,(H2,11,13). The number of imidazole rings is 1. The van der Waals surface area contributed by atoms with Gasteiger partial charge < -0.3 is 16.0 Å². The fraction of sp³-hybridized carbons (Fsp3) is 0.600. The molecule has 4 N–H and O–H groups in total. The van der Waals surface area contributed by atoms with E-state index in [4.69, 9.17) is 11.5 Å². The van der Waals surface area contributed by atoms with E-state index in [9.17, 15) is 0 Å². The molecule has 0 spiro atoms. The van der Waals surface area contributed by atoms with E-state index in [1.54, 1.807) is 6.33 Å². The molecule has 0 unspecified atom stereocenters. The molecule has 1 rings (SSSR count). The molecule has 0 saturated heterocycles. The molecule has 1 aromatic heterocycles. The van der Waals surface area contributed by atoms with Crippen molar-refractivity contribution in [3.05, 3.63) is 12.0 Å². The molecule has 5 heteroatoms. The number of hydrogen-bond donors (Lipinski definition) is 2. The molecular weight excluding hydrogens is 190 g/mol. The van der Waals surface area contributed by atoms with Crippen molar-refractivity contribution >= 4 is 11.7 Å². The van der Waals surface area contributed by atoms with Gasteiger partial charge in [0.05, 0.1) is 6.33 Å². The first-order valence-electron chi connectivity index (χ1n) is 5.20. The molecule has 0 aliphatic heterocycles. The quantitative estimate of drug-likeness (QED) is 0.576. The Morgan fingerprint density at radius 1 is 1.60 bits per heavy atom. The lowest BCUT2D eigenvalue weighted by Gasteiger charge is -2.08. The Hall–Kier alpha value is -1.52. The first-order valence-corrected chi connectivity index (χ1v) is 5.20. The Labute approximate surface area is 90.2 Å². The molecule has 0 saturated carbocycles. The maximum absolute atomic E-state index is 5.92. The van der Waals surface area contributed by atoms with Crippen LogP contribution in [0.4, 0.5) is 5.82 Å². The summed E-state index contributed by atoms with van der Waals surface area (Å²) < 4.78 is 1.88. The zero-order chi connectivity index (χ0) is 11.4. The van der Waals surface area contributed by atoms with Crippen LogP contribution < -0.4 is 11.5 Å². The van der Waals surface area contributed by atoms with Crippen LogP contribution in [0.1, 0.15) is 38.9 Å². The summed E-state index contributed by atoms with van der Waals surface area (Å²) in [4.78, 5) is 8.36. The highest BCUT2D eigenvalue weighted by Gasteiger charge is 2.12. The SMILES string of the molecule is CCCN=C(N)c1ncn(C(C)C)c1N. The number of hydrogen-bond acceptors (Lipinski definition) is 3. The molecule has 0 radical (unpaired) electrons. The van der Waals surface area contributed by atoms with Gasteiger partial charge in [0.25, 0.3) is 0 Å². The lowest BCUT2D eigenvalue weighted by atomic mass is 10.3. The predicted octanol–water partition coefficient (Wildman–Crippen LogP) is 1.16. The monoisotopic (exact) mass is 209 g/mol. The summed E-state index contributed by atoms with van der Waals surface area (Å²) in [5.41, 5.74) is 12.3. The van der Waals surface area contributed by atoms with Gasteiger partial charge in [-0.1, -0.05) is 6.92 Å². The Bertz CT molecular complexity index is 351. The van der Waals surface area contributed by atoms with Crippen molar-refractivity contribution in [1.82, 2.24) is 9.55 Å². The molecule has 1 aromatic rings. The van der Waals surface area contributed by atoms with Gasteiger partial charge in [-0.05, 0) is 20.3 Å². The first kappa shape index (κ1) is 11.6. The molecule has 0 aromatic carbocycles. The highest BCUT2D eigenvalue weighted by molar-refractivity contribution is 5.99. The Morgan fingerprint density at radius 2 is 2.27 bits per heavy atom. The first-order chi connectivity index (χ1) is 7.07. The van der Waals surface area contributed by atoms with Crippen molar-refractivity contribution in [2.24, 2.45) is 10.7 Å². The van der Waals surface area contributed by atoms with E-state index >= 15 is 0 Å². The fourth-order valence-electron chi connectivity index (χ4n) is 1.29. The Morgan fingerprint density at radius 3 is 2.73 bits per heavy atom. The number of rotatable bonds is 4. The number of nitrogen functional groups attached to an aromatic ring is 1. The Kier molecular flexibility index (Phi) is 3.71. The third kappa shape index (κ3) is 2.49. The molecule has 5 nitrogen and oxygen atoms in total. The van der Waals surface area contributed by atoms with Crippen molar-refractivity contribution in [3.63, 3.8) is 0 Å². The van der Waals surface area contributed by atoms with Crippen LogP contribution in [0.3, 0.4) is 0 Å². The summed E-state index contributed by atoms with van der Waals surface area (Å²) >= 11 is 0. The van der Waals surface area contributed by atoms with Crippen LogP contribution >= 0.6 is 0 Å². The number of aromatic nitrogens is 2. The molecule has 0 aliphatic carbocycles. The fourth-order valence-corrected chi connectivity index (χ4v) is 1.29. The van der Waals surface area contributed by atoms with Crippen LogP contribution in [-0.2, 0) is 0 Å². The molecule has 0 bridgehead atoms. The largest absolute Gasteiger partial charge is 0.383 e. The number of aliphatic imine (C=N–C) groups is 1. The van der Waals surface area contributed by atoms with E-state index in [2.05, 4.69) is 9.98 Å². The maximum Gasteiger partial charge on any atom is 0.148 e. The normalized spacial score (nSPS) is 12.4. The van der Waals surface area contributed by atoms with Gasteiger partial charge in [-0.3, -0.25) is 4.99 Å². The predicted molar refractivity (Wildman–Crippen MR) is 62.9 cm³/mol. The second-order valence-electron chi connectivity index (χ2n) is 3.75. The minimum Gasteiger partial charge on any atom is -0.383 e. The van der Waals surface area contributed by atoms with Gasteiger partial charge in [-0.2, -0.15) is 0 Å². The van der Waals surface area contributed by atoms with Crippen molar-refractivity contribution in [2.75, 3.05) is 12.3 Å². The molecule has 0 amide bonds. The van der Waals surface area contributed by atoms with Crippen LogP contribution in [0, 0.1) is 0 Å². The van der Waals surface area contributed by atoms with Crippen LogP contribution in [-0.4, -0.2) is 21.9 Å². The molecule has 1 heterocycles. The molecule has 84 valence electrons. The minimum atomic E-state index is 0.283. The van der Waals surface area contributed by atoms with E-state index in [-0.39, 0.29) is 6.04 Å². The second kappa shape index (κ2) is 4.82. The topological polar surface area (TPSA) is 82.2 Å². The van der Waals surface area contributed by atoms with E-state index in [1.165, 1.54) is 0 Å². The van der Waals surface area contributed by atoms with Gasteiger partial charge in [-0.15, -0.1) is 0 Å². The third-order valence-corrected chi connectivity index (χ3v) is 2.14. The van der Waals surface area contributed by atoms with Crippen LogP contribution in [0.25, 0.3) is 0 Å². The van der Waals surface area contributed by atoms with E-state index in [1.807, 2.05) is 25.3 Å². The van der Waals surface area contributed by atoms with Gasteiger partial charge >= 0.3 is 0 Å². The number of nitrogens with zero attached hydrogens (tertiary/aromatic N) is 3. The molecule has 15 heavy (non-hydrogen) atoms. The smallest absolute Gasteiger partial charge is 0.148 e. The van der Waals surface area contributed by atoms with E-state index < -0.39 is 0 Å². The lowest BCUT2D eigenvalue weighted by Crippen LogP contribution is -2.17. The van der Waals surface area contributed by atoms with Crippen molar-refractivity contribution in [1.29, 1.82) is 0 Å². The Balaban J connectivity index is 2.96. The van der Waals surface area contributed by atoms with Crippen molar-refractivity contribution in [2.45, 2.75) is 33.2 Å². The van der Waals surface area contributed by atoms with E-state index in [0.29, 0.717) is 23.9 Å². The number of amidine groups is 1. The highest BCUT2D eigenvalue weighted by atomic mass is 15.1. The van der Waals surface area contributed by atoms with Crippen LogP contribution in [0.5, 0.6) is 0 Å². The zero-order valence-corrected chi connectivity index (χ0v) is 9.57. The summed E-state index contributed by atoms with van der Waals surface area (Å²) in [6.45, 7) is 6.84. The van der Waals surface area contributed by atoms with Gasteiger partial charge in [0, 0.05) is 12.6 Å². The number of anilines is 1. The number of nitrogens with two attached hydrogens (primary N) is 2. The van der Waals surface area contributed by atoms with Crippen LogP contribution in [0.15, 0.2) is 11.3 Å². The molecular formula is C10H19N5. The highest BCUT2D eigenvalue weighted by Crippen LogP contribution is 2.15. The molecule has 0 fully saturated rings. The zero-order valence-electron chi connectivity index (χ0n) is 9.57. The van der Waals surface area contributed by atoms with Gasteiger partial charge in [0.1, 0.15) is 17.3 Å². The third-order valence-electron chi connectivity index (χ3n) is 2.14. The summed E-state index contributed by atoms with van der Waals surface area (Å²) in [5, 5.41) is 0. The average molecular weight is 209 g/mol. The van der Waals surface area contributed by atoms with Crippen LogP contribution in [0.2, 0.25) is 0 Å². The van der Waals surface area contributed by atoms with Crippen molar-refractivity contribution in [3.8, 4) is 0 Å². The molecule has 0 atom stereocenters. The summed E-state index contributed by atoms with van der Waals surface area (Å²) in [6, 6.07) is 0.283. The lowest BCUT2D eigenvalue weighted by molar-refractivity contribution is 0.607. The average Bonchev–Trinajstić information content (AvgIpc) is 2.56. The maximum atomic E-state index is 5.92. The summed E-state index contributed by atoms with van der Waals surface area (Å²) in [5.74, 6) is 1.01. The summed E-state index contributed by atoms with van der Waals surface area (Å²) in [6.07, 6.45) is 2.66. The van der Waals surface area contributed by atoms with Crippen molar-refractivity contribution < 1.29 is 0 Å². The minimum absolute atomic E-state index is 0.283. The van der Waals surface area contributed by atoms with Gasteiger partial charge in [-0.25, -0.2) is 4.98 Å².